The first kappa shape index (κ1) is 20.5. The fourth-order valence-corrected chi connectivity index (χ4v) is 3.19. The van der Waals surface area contributed by atoms with Crippen LogP contribution in [0.5, 0.6) is 0 Å². The first-order chi connectivity index (χ1) is 12.7. The summed E-state index contributed by atoms with van der Waals surface area (Å²) in [5.74, 6) is 0.785. The lowest BCUT2D eigenvalue weighted by molar-refractivity contribution is 0.121. The van der Waals surface area contributed by atoms with E-state index < -0.39 is 0 Å². The Morgan fingerprint density at radius 1 is 0.846 bits per heavy atom. The summed E-state index contributed by atoms with van der Waals surface area (Å²) in [6, 6.07) is 20.1. The first-order valence-electron chi connectivity index (χ1n) is 10.2. The van der Waals surface area contributed by atoms with Crippen molar-refractivity contribution in [2.24, 2.45) is 5.92 Å². The van der Waals surface area contributed by atoms with E-state index in [9.17, 15) is 0 Å². The predicted molar refractivity (Wildman–Crippen MR) is 113 cm³/mol. The molecule has 0 spiro atoms. The molecule has 2 atom stereocenters. The Morgan fingerprint density at radius 2 is 1.50 bits per heavy atom. The highest BCUT2D eigenvalue weighted by atomic mass is 16.5. The van der Waals surface area contributed by atoms with Gasteiger partial charge in [0, 0.05) is 24.0 Å². The number of anilines is 2. The maximum Gasteiger partial charge on any atom is 0.0716 e. The molecule has 2 unspecified atom stereocenters. The number of nitrogens with zero attached hydrogens (tertiary/aromatic N) is 1. The Bertz CT molecular complexity index is 608. The Labute approximate surface area is 160 Å². The lowest BCUT2D eigenvalue weighted by Crippen LogP contribution is -2.28. The zero-order valence-electron chi connectivity index (χ0n) is 16.9. The number of hydrogen-bond donors (Lipinski definition) is 0. The van der Waals surface area contributed by atoms with E-state index in [-0.39, 0.29) is 0 Å². The van der Waals surface area contributed by atoms with Gasteiger partial charge in [-0.25, -0.2) is 0 Å². The molecule has 142 valence electrons. The summed E-state index contributed by atoms with van der Waals surface area (Å²) in [4.78, 5) is 2.47. The van der Waals surface area contributed by atoms with Gasteiger partial charge in [-0.15, -0.1) is 0 Å². The third kappa shape index (κ3) is 6.17. The van der Waals surface area contributed by atoms with Crippen molar-refractivity contribution in [3.05, 3.63) is 60.2 Å². The van der Waals surface area contributed by atoms with E-state index in [0.717, 1.165) is 18.9 Å². The average Bonchev–Trinajstić information content (AvgIpc) is 2.68. The molecule has 2 aromatic rings. The van der Waals surface area contributed by atoms with Gasteiger partial charge in [-0.2, -0.15) is 0 Å². The second-order valence-corrected chi connectivity index (χ2v) is 7.36. The minimum atomic E-state index is 0.466. The van der Waals surface area contributed by atoms with Crippen LogP contribution in [0.15, 0.2) is 54.6 Å². The molecule has 2 nitrogen and oxygen atoms in total. The van der Waals surface area contributed by atoms with Gasteiger partial charge < -0.3 is 9.64 Å². The van der Waals surface area contributed by atoms with Crippen LogP contribution in [0.1, 0.15) is 58.9 Å². The Kier molecular flexibility index (Phi) is 8.70. The van der Waals surface area contributed by atoms with Gasteiger partial charge in [0.2, 0.25) is 0 Å². The van der Waals surface area contributed by atoms with E-state index in [2.05, 4.69) is 87.2 Å². The highest BCUT2D eigenvalue weighted by molar-refractivity contribution is 5.64. The smallest absolute Gasteiger partial charge is 0.0716 e. The third-order valence-electron chi connectivity index (χ3n) is 5.08. The van der Waals surface area contributed by atoms with Gasteiger partial charge in [-0.3, -0.25) is 0 Å². The van der Waals surface area contributed by atoms with Crippen LogP contribution in [0.3, 0.4) is 0 Å². The molecule has 2 heteroatoms. The maximum absolute atomic E-state index is 5.66. The molecule has 0 saturated heterocycles. The van der Waals surface area contributed by atoms with Crippen molar-refractivity contribution >= 4 is 11.4 Å². The van der Waals surface area contributed by atoms with Crippen molar-refractivity contribution in [2.45, 2.75) is 66.0 Å². The van der Waals surface area contributed by atoms with E-state index >= 15 is 0 Å². The molecular weight excluding hydrogens is 318 g/mol. The summed E-state index contributed by atoms with van der Waals surface area (Å²) in [7, 11) is 0. The molecule has 0 bridgehead atoms. The molecule has 0 aliphatic carbocycles. The van der Waals surface area contributed by atoms with Crippen LogP contribution < -0.4 is 4.90 Å². The largest absolute Gasteiger partial charge is 0.377 e. The molecule has 0 amide bonds. The molecule has 0 aliphatic heterocycles. The summed E-state index contributed by atoms with van der Waals surface area (Å²) in [5.41, 5.74) is 3.76. The van der Waals surface area contributed by atoms with Crippen molar-refractivity contribution in [1.82, 2.24) is 0 Å². The van der Waals surface area contributed by atoms with E-state index in [0.29, 0.717) is 12.6 Å². The summed E-state index contributed by atoms with van der Waals surface area (Å²) in [5, 5.41) is 0. The van der Waals surface area contributed by atoms with Gasteiger partial charge in [0.25, 0.3) is 0 Å². The van der Waals surface area contributed by atoms with Crippen LogP contribution in [0.25, 0.3) is 0 Å². The summed E-state index contributed by atoms with van der Waals surface area (Å²) >= 11 is 0. The number of hydrogen-bond acceptors (Lipinski definition) is 2. The van der Waals surface area contributed by atoms with E-state index in [1.165, 1.54) is 36.2 Å². The molecule has 0 aliphatic rings. The van der Waals surface area contributed by atoms with Crippen molar-refractivity contribution < 1.29 is 4.74 Å². The van der Waals surface area contributed by atoms with Gasteiger partial charge in [0.15, 0.2) is 0 Å². The Balaban J connectivity index is 2.15. The second-order valence-electron chi connectivity index (χ2n) is 7.36. The molecule has 26 heavy (non-hydrogen) atoms. The van der Waals surface area contributed by atoms with Crippen LogP contribution in [-0.2, 0) is 11.3 Å². The molecule has 0 fully saturated rings. The quantitative estimate of drug-likeness (QED) is 0.405. The zero-order chi connectivity index (χ0) is 18.8. The lowest BCUT2D eigenvalue weighted by Gasteiger charge is -2.32. The maximum atomic E-state index is 5.66. The summed E-state index contributed by atoms with van der Waals surface area (Å²) in [6.45, 7) is 10.6. The molecule has 2 rings (SSSR count). The van der Waals surface area contributed by atoms with Crippen LogP contribution in [-0.4, -0.2) is 12.6 Å². The molecule has 0 heterocycles. The predicted octanol–water partition coefficient (Wildman–Crippen LogP) is 6.97. The highest BCUT2D eigenvalue weighted by Crippen LogP contribution is 2.30. The number of para-hydroxylation sites is 1. The average molecular weight is 354 g/mol. The van der Waals surface area contributed by atoms with Crippen LogP contribution in [0.2, 0.25) is 0 Å². The van der Waals surface area contributed by atoms with Gasteiger partial charge >= 0.3 is 0 Å². The van der Waals surface area contributed by atoms with Crippen molar-refractivity contribution in [2.75, 3.05) is 11.5 Å². The minimum absolute atomic E-state index is 0.466. The summed E-state index contributed by atoms with van der Waals surface area (Å²) in [6.07, 6.45) is 4.79. The molecule has 2 aromatic carbocycles. The van der Waals surface area contributed by atoms with Crippen LogP contribution >= 0.6 is 0 Å². The Morgan fingerprint density at radius 3 is 2.12 bits per heavy atom. The molecule has 0 N–H and O–H groups in total. The van der Waals surface area contributed by atoms with E-state index in [1.807, 2.05) is 0 Å². The lowest BCUT2D eigenvalue weighted by atomic mass is 9.98. The van der Waals surface area contributed by atoms with Crippen LogP contribution in [0, 0.1) is 5.92 Å². The van der Waals surface area contributed by atoms with Gasteiger partial charge in [0.1, 0.15) is 0 Å². The minimum Gasteiger partial charge on any atom is -0.377 e. The topological polar surface area (TPSA) is 12.5 Å². The molecule has 0 saturated carbocycles. The summed E-state index contributed by atoms with van der Waals surface area (Å²) < 4.78 is 5.66. The second kappa shape index (κ2) is 11.0. The Hall–Kier alpha value is -1.80. The number of ether oxygens (including phenoxy) is 1. The third-order valence-corrected chi connectivity index (χ3v) is 5.08. The molecule has 0 aromatic heterocycles. The van der Waals surface area contributed by atoms with Crippen LogP contribution in [0.4, 0.5) is 11.4 Å². The monoisotopic (exact) mass is 353 g/mol. The van der Waals surface area contributed by atoms with Gasteiger partial charge in [0.05, 0.1) is 6.61 Å². The fourth-order valence-electron chi connectivity index (χ4n) is 3.19. The van der Waals surface area contributed by atoms with Gasteiger partial charge in [-0.05, 0) is 61.9 Å². The highest BCUT2D eigenvalue weighted by Gasteiger charge is 2.17. The number of rotatable bonds is 11. The van der Waals surface area contributed by atoms with E-state index in [1.54, 1.807) is 0 Å². The SMILES string of the molecule is CCCOCc1ccc(N(c2ccccc2)C(C)CCC(C)CC)cc1. The molecule has 0 radical (unpaired) electrons. The van der Waals surface area contributed by atoms with Crippen molar-refractivity contribution in [3.63, 3.8) is 0 Å². The van der Waals surface area contributed by atoms with Gasteiger partial charge in [-0.1, -0.05) is 57.5 Å². The molecular formula is C24H35NO. The van der Waals surface area contributed by atoms with E-state index in [4.69, 9.17) is 4.74 Å². The zero-order valence-corrected chi connectivity index (χ0v) is 16.9. The van der Waals surface area contributed by atoms with Crippen molar-refractivity contribution in [1.29, 1.82) is 0 Å². The first-order valence-corrected chi connectivity index (χ1v) is 10.2. The normalized spacial score (nSPS) is 13.4. The number of benzene rings is 2. The fraction of sp³-hybridized carbons (Fsp3) is 0.500. The van der Waals surface area contributed by atoms with Crippen molar-refractivity contribution in [3.8, 4) is 0 Å². The standard InChI is InChI=1S/C24H35NO/c1-5-18-26-19-22-14-16-24(17-15-22)25(23-10-8-7-9-11-23)21(4)13-12-20(3)6-2/h7-11,14-17,20-21H,5-6,12-13,18-19H2,1-4H3.